The predicted octanol–water partition coefficient (Wildman–Crippen LogP) is -0.993. The number of rotatable bonds is 49. The number of fused-ring (bicyclic) bond motifs is 1. The summed E-state index contributed by atoms with van der Waals surface area (Å²) in [6.45, 7) is -1.47. The van der Waals surface area contributed by atoms with E-state index in [1.165, 1.54) is 7.11 Å². The van der Waals surface area contributed by atoms with Gasteiger partial charge in [-0.3, -0.25) is 34.8 Å². The summed E-state index contributed by atoms with van der Waals surface area (Å²) in [7, 11) is -4.26. The molecule has 60 heteroatoms. The standard InChI is InChI=1S/C47H77N3O49S8/c1-16-23(49-22(51)11-9-8-10-21-24-17(15-100-21)48-47(56)50-24)42(77-19(25(16)68-2)13-75-106(62,63)64)82-30-28(69-3)36(71-5)45(84-34(30)40(52)53)81-27-20(14-76-107(65,66)67)79-46(39(89-105-99-94-61)33(27)87-103-97-92-59)83-31-29(70-4)37(72-6)44(85-35(31)41(54)55)80-26-18(12-74-101-95-90-57)78-43(73-7)38(88-104-98-93-60)32(26)86-102-96-91-58/h16-21,23-39,42-46,57-61H,8-15H2,1-7H3,(H,49,51)(H,52,53)(H,54,55)(H2,48,50,56)(H,62,63,64)(H,65,66,67)/t16-,17?,18?,19?,20-,21?,23?,24?,25-,26+,27-,28+,29?,30-,31+,32+,33?,34?,35-,36?,37?,38?,39?,42+,43-,44+,45-,46-/m1/s1. The molecule has 13 unspecified atom stereocenters. The van der Waals surface area contributed by atoms with Crippen molar-refractivity contribution in [3.63, 3.8) is 0 Å². The van der Waals surface area contributed by atoms with Gasteiger partial charge in [0.2, 0.25) is 5.91 Å². The lowest BCUT2D eigenvalue weighted by Gasteiger charge is -2.51. The van der Waals surface area contributed by atoms with Crippen LogP contribution in [0.25, 0.3) is 0 Å². The molecule has 28 atom stereocenters. The molecule has 12 N–H and O–H groups in total. The summed E-state index contributed by atoms with van der Waals surface area (Å²) in [6, 6.07) is -1.73. The summed E-state index contributed by atoms with van der Waals surface area (Å²) < 4.78 is 219. The Hall–Kier alpha value is -1.88. The van der Waals surface area contributed by atoms with Crippen LogP contribution in [0.15, 0.2) is 0 Å². The number of carbonyl (C=O) groups excluding carboxylic acids is 2. The van der Waals surface area contributed by atoms with Crippen molar-refractivity contribution in [2.75, 3.05) is 68.2 Å². The molecule has 7 heterocycles. The maximum absolute atomic E-state index is 13.9. The molecule has 7 aliphatic heterocycles. The number of hydrogen-bond acceptors (Lipinski definition) is 51. The number of ether oxygens (including phenoxy) is 15. The molecule has 7 rings (SSSR count). The molecule has 0 aromatic carbocycles. The fourth-order valence-corrected chi connectivity index (χ4v) is 16.3. The Morgan fingerprint density at radius 2 is 0.907 bits per heavy atom. The van der Waals surface area contributed by atoms with Gasteiger partial charge in [0.15, 0.2) is 117 Å². The van der Waals surface area contributed by atoms with Gasteiger partial charge in [-0.1, -0.05) is 38.5 Å². The molecule has 0 aromatic heterocycles. The summed E-state index contributed by atoms with van der Waals surface area (Å²) in [5.74, 6) is -4.57. The number of unbranched alkanes of at least 4 members (excludes halogenated alkanes) is 1. The van der Waals surface area contributed by atoms with Crippen LogP contribution in [0, 0.1) is 5.92 Å². The Kier molecular flexibility index (Phi) is 39.7. The summed E-state index contributed by atoms with van der Waals surface area (Å²) in [4.78, 5) is 53.3. The van der Waals surface area contributed by atoms with Crippen LogP contribution in [0.2, 0.25) is 0 Å². The fourth-order valence-electron chi connectivity index (χ4n) is 12.5. The van der Waals surface area contributed by atoms with Crippen molar-refractivity contribution in [3.8, 4) is 0 Å². The SMILES string of the molecule is COC1C(OC)[C@H](O[C@H]2O[C@H](COS(=O)(=O)O)[C@@H](O[C@@H]3OC(C(=O)O)[C@H](O[C@@H]4OC(COS(=O)(=O)O)[C@H](OC)[C@H](C)C4NC(=O)CCCCC4SCC5NC(=O)NC54)[C@H](OC)C3OC)C(OSOOO)C2OSOOO)[C@H](C(=O)O)O[C@@H]1O[C@H]1C(COSOOO)O[C@@H](OC)C(OSOOO)[C@H]1OSOOO. The second-order valence-corrected chi connectivity index (χ2v) is 28.4. The molecule has 7 aliphatic rings. The third kappa shape index (κ3) is 26.1. The molecule has 0 aliphatic carbocycles. The second kappa shape index (κ2) is 46.0. The molecule has 622 valence electrons. The number of urea groups is 1. The third-order valence-electron chi connectivity index (χ3n) is 16.8. The molecular weight excluding hydrogens is 1650 g/mol. The van der Waals surface area contributed by atoms with Gasteiger partial charge in [-0.05, 0) is 12.8 Å². The first-order valence-corrected chi connectivity index (χ1v) is 37.6. The van der Waals surface area contributed by atoms with E-state index in [2.05, 4.69) is 67.0 Å². The van der Waals surface area contributed by atoms with E-state index in [1.54, 1.807) is 18.7 Å². The Morgan fingerprint density at radius 1 is 0.495 bits per heavy atom. The summed E-state index contributed by atoms with van der Waals surface area (Å²) >= 11 is 1.09. The van der Waals surface area contributed by atoms with E-state index in [0.29, 0.717) is 25.0 Å². The molecule has 107 heavy (non-hydrogen) atoms. The Labute approximate surface area is 631 Å². The van der Waals surface area contributed by atoms with Crippen LogP contribution in [0.5, 0.6) is 0 Å². The highest BCUT2D eigenvalue weighted by atomic mass is 32.3. The Morgan fingerprint density at radius 3 is 1.36 bits per heavy atom. The number of carbonyl (C=O) groups is 4. The second-order valence-electron chi connectivity index (χ2n) is 22.6. The van der Waals surface area contributed by atoms with E-state index < -0.39 is 212 Å². The van der Waals surface area contributed by atoms with Crippen molar-refractivity contribution in [2.24, 2.45) is 5.92 Å². The van der Waals surface area contributed by atoms with Gasteiger partial charge in [-0.15, -0.1) is 21.7 Å². The van der Waals surface area contributed by atoms with Gasteiger partial charge in [-0.2, -0.15) is 28.6 Å². The Balaban J connectivity index is 1.21. The average Bonchev–Trinajstić information content (AvgIpc) is 1.50. The number of carboxylic acids is 2. The smallest absolute Gasteiger partial charge is 0.397 e. The minimum absolute atomic E-state index is 0.0308. The van der Waals surface area contributed by atoms with Crippen molar-refractivity contribution in [1.29, 1.82) is 0 Å². The zero-order valence-electron chi connectivity index (χ0n) is 55.9. The van der Waals surface area contributed by atoms with Crippen LogP contribution in [-0.4, -0.2) is 319 Å². The molecule has 7 fully saturated rings. The van der Waals surface area contributed by atoms with Crippen molar-refractivity contribution < 1.29 is 229 Å². The van der Waals surface area contributed by atoms with Crippen LogP contribution >= 0.6 is 73.4 Å². The normalized spacial score (nSPS) is 36.9. The lowest BCUT2D eigenvalue weighted by atomic mass is 9.88. The minimum Gasteiger partial charge on any atom is -0.479 e. The van der Waals surface area contributed by atoms with Crippen molar-refractivity contribution >= 4 is 118 Å². The lowest BCUT2D eigenvalue weighted by molar-refractivity contribution is -0.437. The zero-order valence-corrected chi connectivity index (χ0v) is 62.5. The molecular formula is C47H77N3O49S8. The fraction of sp³-hybridized carbons (Fsp3) is 0.915. The quantitative estimate of drug-likeness (QED) is 0.00869. The van der Waals surface area contributed by atoms with Gasteiger partial charge < -0.3 is 97.2 Å². The van der Waals surface area contributed by atoms with Gasteiger partial charge >= 0.3 is 38.8 Å². The van der Waals surface area contributed by atoms with Crippen LogP contribution in [0.3, 0.4) is 0 Å². The first-order valence-electron chi connectivity index (χ1n) is 30.5. The maximum atomic E-state index is 13.9. The lowest BCUT2D eigenvalue weighted by Crippen LogP contribution is -2.69. The third-order valence-corrected chi connectivity index (χ3v) is 21.2. The monoisotopic (exact) mass is 1720 g/mol. The molecule has 0 spiro atoms. The molecule has 0 bridgehead atoms. The summed E-state index contributed by atoms with van der Waals surface area (Å²) in [6.07, 6.45) is -42.5. The van der Waals surface area contributed by atoms with Crippen molar-refractivity contribution in [3.05, 3.63) is 0 Å². The van der Waals surface area contributed by atoms with E-state index in [4.69, 9.17) is 112 Å². The number of carboxylic acid groups (broad SMARTS) is 2. The number of methoxy groups -OCH3 is 6. The van der Waals surface area contributed by atoms with Gasteiger partial charge in [0.05, 0.1) is 44.1 Å². The number of nitrogens with one attached hydrogen (secondary N) is 3. The average molecular weight is 1720 g/mol. The van der Waals surface area contributed by atoms with E-state index in [0.717, 1.165) is 35.5 Å². The molecule has 7 saturated heterocycles. The first-order chi connectivity index (χ1) is 51.3. The van der Waals surface area contributed by atoms with Crippen LogP contribution < -0.4 is 16.0 Å². The highest BCUT2D eigenvalue weighted by Crippen LogP contribution is 2.43. The van der Waals surface area contributed by atoms with Crippen molar-refractivity contribution in [1.82, 2.24) is 16.0 Å². The number of hydrogen-bond donors (Lipinski definition) is 12. The van der Waals surface area contributed by atoms with E-state index in [9.17, 15) is 65.8 Å². The topological polar surface area (TPSA) is 650 Å². The molecule has 0 aromatic rings. The predicted molar refractivity (Wildman–Crippen MR) is 337 cm³/mol. The number of thioether (sulfide) groups is 1. The largest absolute Gasteiger partial charge is 0.479 e. The highest BCUT2D eigenvalue weighted by Gasteiger charge is 2.62. The van der Waals surface area contributed by atoms with E-state index in [-0.39, 0.29) is 91.4 Å². The minimum atomic E-state index is -5.55. The summed E-state index contributed by atoms with van der Waals surface area (Å²) in [5, 5.41) is 94.0. The van der Waals surface area contributed by atoms with Gasteiger partial charge in [0.1, 0.15) is 79.4 Å². The van der Waals surface area contributed by atoms with E-state index in [1.807, 2.05) is 0 Å². The molecule has 52 nitrogen and oxygen atoms in total. The maximum Gasteiger partial charge on any atom is 0.397 e. The molecule has 0 radical (unpaired) electrons. The van der Waals surface area contributed by atoms with Crippen LogP contribution in [-0.2, 0) is 182 Å². The van der Waals surface area contributed by atoms with Gasteiger partial charge in [0, 0.05) is 66.0 Å². The molecule has 3 amide bonds. The number of amides is 3. The zero-order chi connectivity index (χ0) is 78.1. The highest BCUT2D eigenvalue weighted by molar-refractivity contribution is 8.00. The molecule has 0 saturated carbocycles. The van der Waals surface area contributed by atoms with Crippen LogP contribution in [0.1, 0.15) is 32.6 Å². The first kappa shape index (κ1) is 92.3. The van der Waals surface area contributed by atoms with Gasteiger partial charge in [0.25, 0.3) is 0 Å². The van der Waals surface area contributed by atoms with Crippen molar-refractivity contribution in [2.45, 2.75) is 197 Å². The summed E-state index contributed by atoms with van der Waals surface area (Å²) in [5.41, 5.74) is 0. The van der Waals surface area contributed by atoms with Gasteiger partial charge in [-0.25, -0.2) is 49.0 Å². The number of aliphatic carboxylic acids is 2. The van der Waals surface area contributed by atoms with E-state index >= 15 is 0 Å². The van der Waals surface area contributed by atoms with Crippen LogP contribution in [0.4, 0.5) is 4.79 Å². The Bertz CT molecular complexity index is 2910.